The molecule has 1 fully saturated rings. The van der Waals surface area contributed by atoms with E-state index in [0.29, 0.717) is 23.0 Å². The molecule has 0 bridgehead atoms. The molecule has 2 heterocycles. The van der Waals surface area contributed by atoms with E-state index in [1.165, 1.54) is 0 Å². The maximum absolute atomic E-state index is 12.3. The molecule has 2 aromatic rings. The Hall–Kier alpha value is -2.08. The van der Waals surface area contributed by atoms with E-state index in [2.05, 4.69) is 0 Å². The topological polar surface area (TPSA) is 51.9 Å². The molecule has 0 aliphatic carbocycles. The molecule has 23 heavy (non-hydrogen) atoms. The van der Waals surface area contributed by atoms with E-state index in [0.717, 1.165) is 24.6 Å². The van der Waals surface area contributed by atoms with Gasteiger partial charge in [-0.25, -0.2) is 0 Å². The minimum atomic E-state index is -0.0474. The second-order valence-corrected chi connectivity index (χ2v) is 6.33. The normalized spacial score (nSPS) is 14.6. The van der Waals surface area contributed by atoms with Crippen LogP contribution in [0.2, 0.25) is 0 Å². The number of rotatable bonds is 5. The molecule has 6 heteroatoms. The Morgan fingerprint density at radius 1 is 1.17 bits per heavy atom. The van der Waals surface area contributed by atoms with Crippen molar-refractivity contribution in [2.75, 3.05) is 31.7 Å². The van der Waals surface area contributed by atoms with Gasteiger partial charge in [0.05, 0.1) is 7.11 Å². The second-order valence-electron chi connectivity index (χ2n) is 5.11. The van der Waals surface area contributed by atoms with E-state index >= 15 is 0 Å². The Morgan fingerprint density at radius 3 is 2.65 bits per heavy atom. The second kappa shape index (κ2) is 7.46. The number of furan rings is 1. The highest BCUT2D eigenvalue weighted by Crippen LogP contribution is 2.27. The number of thioether (sulfide) groups is 1. The summed E-state index contributed by atoms with van der Waals surface area (Å²) in [6.07, 6.45) is 0. The van der Waals surface area contributed by atoms with E-state index in [1.54, 1.807) is 19.2 Å². The Morgan fingerprint density at radius 2 is 1.91 bits per heavy atom. The molecule has 122 valence electrons. The van der Waals surface area contributed by atoms with Crippen molar-refractivity contribution in [3.05, 3.63) is 47.9 Å². The molecule has 1 saturated heterocycles. The number of para-hydroxylation sites is 2. The van der Waals surface area contributed by atoms with Gasteiger partial charge in [-0.05, 0) is 24.3 Å². The molecular weight excluding hydrogens is 314 g/mol. The van der Waals surface area contributed by atoms with Crippen LogP contribution in [0.25, 0.3) is 0 Å². The van der Waals surface area contributed by atoms with Gasteiger partial charge >= 0.3 is 0 Å². The van der Waals surface area contributed by atoms with Gasteiger partial charge in [0, 0.05) is 24.6 Å². The van der Waals surface area contributed by atoms with Gasteiger partial charge in [-0.3, -0.25) is 4.79 Å². The number of benzene rings is 1. The van der Waals surface area contributed by atoms with Crippen molar-refractivity contribution in [3.8, 4) is 11.5 Å². The molecule has 1 amide bonds. The predicted molar refractivity (Wildman–Crippen MR) is 89.3 cm³/mol. The molecule has 0 spiro atoms. The highest BCUT2D eigenvalue weighted by molar-refractivity contribution is 7.99. The van der Waals surface area contributed by atoms with Crippen molar-refractivity contribution < 1.29 is 18.7 Å². The number of ether oxygens (including phenoxy) is 2. The zero-order valence-electron chi connectivity index (χ0n) is 13.0. The first-order valence-electron chi connectivity index (χ1n) is 7.49. The third-order valence-electron chi connectivity index (χ3n) is 3.61. The first kappa shape index (κ1) is 15.8. The van der Waals surface area contributed by atoms with E-state index in [1.807, 2.05) is 40.9 Å². The lowest BCUT2D eigenvalue weighted by molar-refractivity contribution is 0.0736. The summed E-state index contributed by atoms with van der Waals surface area (Å²) in [6, 6.07) is 10.9. The quantitative estimate of drug-likeness (QED) is 0.842. The van der Waals surface area contributed by atoms with Crippen molar-refractivity contribution in [3.63, 3.8) is 0 Å². The molecule has 0 unspecified atom stereocenters. The van der Waals surface area contributed by atoms with Crippen molar-refractivity contribution in [2.24, 2.45) is 0 Å². The summed E-state index contributed by atoms with van der Waals surface area (Å²) in [7, 11) is 1.60. The minimum absolute atomic E-state index is 0.0474. The van der Waals surface area contributed by atoms with Gasteiger partial charge in [0.15, 0.2) is 17.3 Å². The Bertz CT molecular complexity index is 664. The summed E-state index contributed by atoms with van der Waals surface area (Å²) in [5.41, 5.74) is 0. The number of methoxy groups -OCH3 is 1. The van der Waals surface area contributed by atoms with Crippen LogP contribution < -0.4 is 9.47 Å². The fourth-order valence-electron chi connectivity index (χ4n) is 2.38. The Labute approximate surface area is 139 Å². The average molecular weight is 333 g/mol. The summed E-state index contributed by atoms with van der Waals surface area (Å²) in [4.78, 5) is 14.2. The lowest BCUT2D eigenvalue weighted by atomic mass is 10.3. The third-order valence-corrected chi connectivity index (χ3v) is 4.55. The molecular formula is C17H19NO4S. The summed E-state index contributed by atoms with van der Waals surface area (Å²) >= 11 is 1.87. The maximum atomic E-state index is 12.3. The van der Waals surface area contributed by atoms with E-state index < -0.39 is 0 Å². The third kappa shape index (κ3) is 3.82. The van der Waals surface area contributed by atoms with Gasteiger partial charge in [-0.2, -0.15) is 11.8 Å². The molecule has 1 aromatic heterocycles. The number of carbonyl (C=O) groups is 1. The van der Waals surface area contributed by atoms with Crippen LogP contribution in [0.3, 0.4) is 0 Å². The fourth-order valence-corrected chi connectivity index (χ4v) is 3.28. The Balaban J connectivity index is 1.62. The first-order chi connectivity index (χ1) is 11.3. The van der Waals surface area contributed by atoms with E-state index in [-0.39, 0.29) is 12.5 Å². The van der Waals surface area contributed by atoms with Gasteiger partial charge in [-0.1, -0.05) is 12.1 Å². The SMILES string of the molecule is COc1ccccc1OCc1ccc(C(=O)N2CCSCC2)o1. The summed E-state index contributed by atoms with van der Waals surface area (Å²) in [5, 5.41) is 0. The van der Waals surface area contributed by atoms with Crippen molar-refractivity contribution >= 4 is 17.7 Å². The molecule has 0 N–H and O–H groups in total. The molecule has 0 atom stereocenters. The van der Waals surface area contributed by atoms with Crippen LogP contribution in [0.1, 0.15) is 16.3 Å². The summed E-state index contributed by atoms with van der Waals surface area (Å²) in [5.74, 6) is 4.22. The van der Waals surface area contributed by atoms with E-state index in [9.17, 15) is 4.79 Å². The van der Waals surface area contributed by atoms with Crippen molar-refractivity contribution in [1.82, 2.24) is 4.90 Å². The van der Waals surface area contributed by atoms with Crippen molar-refractivity contribution in [1.29, 1.82) is 0 Å². The van der Waals surface area contributed by atoms with Gasteiger partial charge < -0.3 is 18.8 Å². The molecule has 1 aromatic carbocycles. The van der Waals surface area contributed by atoms with Crippen LogP contribution in [-0.2, 0) is 6.61 Å². The van der Waals surface area contributed by atoms with Crippen LogP contribution >= 0.6 is 11.8 Å². The van der Waals surface area contributed by atoms with Crippen LogP contribution in [0, 0.1) is 0 Å². The molecule has 1 aliphatic heterocycles. The number of amides is 1. The van der Waals surface area contributed by atoms with Gasteiger partial charge in [0.25, 0.3) is 5.91 Å². The maximum Gasteiger partial charge on any atom is 0.289 e. The Kier molecular flexibility index (Phi) is 5.12. The van der Waals surface area contributed by atoms with Gasteiger partial charge in [0.1, 0.15) is 12.4 Å². The molecule has 5 nitrogen and oxygen atoms in total. The molecule has 1 aliphatic rings. The average Bonchev–Trinajstić information content (AvgIpc) is 3.09. The first-order valence-corrected chi connectivity index (χ1v) is 8.65. The molecule has 0 radical (unpaired) electrons. The number of carbonyl (C=O) groups excluding carboxylic acids is 1. The van der Waals surface area contributed by atoms with Crippen LogP contribution in [0.4, 0.5) is 0 Å². The lowest BCUT2D eigenvalue weighted by Crippen LogP contribution is -2.37. The van der Waals surface area contributed by atoms with Crippen LogP contribution in [0.5, 0.6) is 11.5 Å². The van der Waals surface area contributed by atoms with Gasteiger partial charge in [0.2, 0.25) is 0 Å². The number of nitrogens with zero attached hydrogens (tertiary/aromatic N) is 1. The zero-order chi connectivity index (χ0) is 16.1. The van der Waals surface area contributed by atoms with Gasteiger partial charge in [-0.15, -0.1) is 0 Å². The fraction of sp³-hybridized carbons (Fsp3) is 0.353. The lowest BCUT2D eigenvalue weighted by Gasteiger charge is -2.25. The summed E-state index contributed by atoms with van der Waals surface area (Å²) in [6.45, 7) is 1.80. The van der Waals surface area contributed by atoms with Crippen molar-refractivity contribution in [2.45, 2.75) is 6.61 Å². The highest BCUT2D eigenvalue weighted by atomic mass is 32.2. The summed E-state index contributed by atoms with van der Waals surface area (Å²) < 4.78 is 16.6. The molecule has 3 rings (SSSR count). The minimum Gasteiger partial charge on any atom is -0.493 e. The largest absolute Gasteiger partial charge is 0.493 e. The zero-order valence-corrected chi connectivity index (χ0v) is 13.8. The number of hydrogen-bond donors (Lipinski definition) is 0. The van der Waals surface area contributed by atoms with Crippen LogP contribution in [0.15, 0.2) is 40.8 Å². The predicted octanol–water partition coefficient (Wildman–Crippen LogP) is 3.06. The van der Waals surface area contributed by atoms with E-state index in [4.69, 9.17) is 13.9 Å². The monoisotopic (exact) mass is 333 g/mol. The smallest absolute Gasteiger partial charge is 0.289 e. The number of hydrogen-bond acceptors (Lipinski definition) is 5. The highest BCUT2D eigenvalue weighted by Gasteiger charge is 2.21. The van der Waals surface area contributed by atoms with Crippen LogP contribution in [-0.4, -0.2) is 42.5 Å². The molecule has 0 saturated carbocycles. The standard InChI is InChI=1S/C17H19NO4S/c1-20-14-4-2-3-5-15(14)21-12-13-6-7-16(22-13)17(19)18-8-10-23-11-9-18/h2-7H,8-12H2,1H3.